The van der Waals surface area contributed by atoms with Gasteiger partial charge in [-0.1, -0.05) is 482 Å². The summed E-state index contributed by atoms with van der Waals surface area (Å²) in [4.78, 5) is 0. The molecule has 0 aliphatic carbocycles. The van der Waals surface area contributed by atoms with E-state index in [-0.39, 0.29) is 17.0 Å². The van der Waals surface area contributed by atoms with E-state index in [0.29, 0.717) is 0 Å². The van der Waals surface area contributed by atoms with Crippen molar-refractivity contribution in [2.24, 2.45) is 0 Å². The molecule has 24 aromatic rings. The molecule has 0 fully saturated rings. The molecular weight excluding hydrogens is 1700 g/mol. The Kier molecular flexibility index (Phi) is 23.5. The van der Waals surface area contributed by atoms with Crippen molar-refractivity contribution in [3.8, 4) is 89.0 Å². The first kappa shape index (κ1) is 89.2. The van der Waals surface area contributed by atoms with Gasteiger partial charge in [-0.2, -0.15) is 0 Å². The summed E-state index contributed by atoms with van der Waals surface area (Å²) in [6, 6.07) is 154. The van der Waals surface area contributed by atoms with Gasteiger partial charge in [-0.15, -0.1) is 0 Å². The first-order chi connectivity index (χ1) is 66.9. The zero-order chi connectivity index (χ0) is 95.0. The van der Waals surface area contributed by atoms with Crippen LogP contribution < -0.4 is 10.4 Å². The Labute approximate surface area is 810 Å². The molecule has 0 atom stereocenters. The number of rotatable bonds is 10. The number of hydrogen-bond acceptors (Lipinski definition) is 0. The maximum Gasteiger partial charge on any atom is 0.123 e. The lowest BCUT2D eigenvalue weighted by Gasteiger charge is -2.24. The molecule has 0 aromatic heterocycles. The molecule has 0 heterocycles. The van der Waals surface area contributed by atoms with E-state index in [2.05, 4.69) is 458 Å². The van der Waals surface area contributed by atoms with Crippen molar-refractivity contribution in [1.82, 2.24) is 0 Å². The Hall–Kier alpha value is -15.3. The lowest BCUT2D eigenvalue weighted by Crippen LogP contribution is -2.37. The van der Waals surface area contributed by atoms with E-state index in [1.807, 2.05) is 36.4 Å². The van der Waals surface area contributed by atoms with Gasteiger partial charge < -0.3 is 0 Å². The van der Waals surface area contributed by atoms with Crippen molar-refractivity contribution < 1.29 is 8.78 Å². The third-order valence-electron chi connectivity index (χ3n) is 28.4. The molecule has 0 aliphatic rings. The summed E-state index contributed by atoms with van der Waals surface area (Å²) in [5.74, 6) is -0.498. The van der Waals surface area contributed by atoms with Crippen molar-refractivity contribution in [3.05, 3.63) is 470 Å². The van der Waals surface area contributed by atoms with Gasteiger partial charge in [-0.3, -0.25) is 0 Å². The number of fused-ring (bicyclic) bond motifs is 14. The SMILES string of the molecule is CC(C)(C)c1ccc2c(-c3cccc4c3ccc3ccccc34)c3ccccc3c(-c3cccc4c3ccc3ccccc34)c2c1.Cc1ccc2c(-c3ccc(F)cc3)c3ccccc3c(-c3ccc(F)cc3)c2c1.Cc1ccc2c(-c3cccc([Si](C)(C)C)c3)c3ccccc3c(-c3cccc([Si](C)(C)C)c3)c2c1.Cc1cccc2c(-c3ccccc3)c3c(C)cccc3c(-c3ccccc3)c12. The highest BCUT2D eigenvalue weighted by atomic mass is 28.3. The highest BCUT2D eigenvalue weighted by Crippen LogP contribution is 2.53. The predicted molar refractivity (Wildman–Crippen MR) is 603 cm³/mol. The second kappa shape index (κ2) is 36.4. The van der Waals surface area contributed by atoms with Crippen molar-refractivity contribution >= 4 is 156 Å². The number of halogens is 2. The first-order valence-electron chi connectivity index (χ1n) is 48.4. The van der Waals surface area contributed by atoms with Crippen LogP contribution in [-0.4, -0.2) is 16.1 Å². The Morgan fingerprint density at radius 3 is 0.877 bits per heavy atom. The highest BCUT2D eigenvalue weighted by Gasteiger charge is 2.28. The third kappa shape index (κ3) is 16.6. The Morgan fingerprint density at radius 2 is 0.471 bits per heavy atom. The van der Waals surface area contributed by atoms with Gasteiger partial charge >= 0.3 is 0 Å². The lowest BCUT2D eigenvalue weighted by atomic mass is 9.80. The van der Waals surface area contributed by atoms with Gasteiger partial charge in [0.15, 0.2) is 0 Å². The van der Waals surface area contributed by atoms with E-state index in [4.69, 9.17) is 0 Å². The molecule has 0 spiro atoms. The second-order valence-corrected chi connectivity index (χ2v) is 50.7. The maximum absolute atomic E-state index is 13.6. The summed E-state index contributed by atoms with van der Waals surface area (Å²) in [6.45, 7) is 30.3. The van der Waals surface area contributed by atoms with E-state index in [1.165, 1.54) is 231 Å². The van der Waals surface area contributed by atoms with Crippen LogP contribution in [0, 0.1) is 39.3 Å². The summed E-state index contributed by atoms with van der Waals surface area (Å²) in [6.07, 6.45) is 0. The quantitative estimate of drug-likeness (QED) is 0.0727. The van der Waals surface area contributed by atoms with Crippen molar-refractivity contribution in [2.45, 2.75) is 93.2 Å². The molecule has 0 amide bonds. The van der Waals surface area contributed by atoms with Crippen LogP contribution in [-0.2, 0) is 5.41 Å². The predicted octanol–water partition coefficient (Wildman–Crippen LogP) is 37.8. The molecule has 0 saturated heterocycles. The normalized spacial score (nSPS) is 11.9. The van der Waals surface area contributed by atoms with E-state index in [1.54, 1.807) is 0 Å². The van der Waals surface area contributed by atoms with Crippen LogP contribution in [0.1, 0.15) is 48.6 Å². The monoisotopic (exact) mass is 1810 g/mol. The van der Waals surface area contributed by atoms with Crippen LogP contribution in [0.4, 0.5) is 8.78 Å². The van der Waals surface area contributed by atoms with E-state index in [9.17, 15) is 8.78 Å². The summed E-state index contributed by atoms with van der Waals surface area (Å²) < 4.78 is 27.2. The summed E-state index contributed by atoms with van der Waals surface area (Å²) in [7, 11) is -2.85. The third-order valence-corrected chi connectivity index (χ3v) is 32.5. The maximum atomic E-state index is 13.6. The van der Waals surface area contributed by atoms with Gasteiger partial charge in [0.1, 0.15) is 11.6 Å². The lowest BCUT2D eigenvalue weighted by molar-refractivity contribution is 0.591. The van der Waals surface area contributed by atoms with E-state index >= 15 is 0 Å². The average Bonchev–Trinajstić information content (AvgIpc) is 0.700. The van der Waals surface area contributed by atoms with Gasteiger partial charge in [0.25, 0.3) is 0 Å². The van der Waals surface area contributed by atoms with Crippen LogP contribution in [0.15, 0.2) is 431 Å². The molecule has 0 N–H and O–H groups in total. The Balaban J connectivity index is 0.000000112. The van der Waals surface area contributed by atoms with Gasteiger partial charge in [-0.25, -0.2) is 8.78 Å². The highest BCUT2D eigenvalue weighted by molar-refractivity contribution is 6.89. The minimum atomic E-state index is -1.43. The molecule has 24 rings (SSSR count). The standard InChI is InChI=1S/C46H34.C33H36Si2.C28H22.C27H18F2/c1-46(2,3)31-24-27-42-43(28-31)45(39-21-11-19-35-33-15-7-5-13-30(33)23-26-37(35)39)41-17-9-8-16-40(41)44(42)38-20-10-18-34-32-14-6-4-12-29(32)22-25-36(34)38;1-23-18-19-30-31(20-23)33(25-13-11-15-27(22-25)35(5,6)7)29-17-9-8-16-28(29)32(30)24-12-10-14-26(21-24)34(2,3)4;1-19-11-9-17-23-25(19)27(21-13-5-3-6-14-21)24-18-10-12-20(2)26(24)28(23)22-15-7-4-8-16-22;1-17-6-15-24-25(16-17)27(19-9-13-21(29)14-10-19)23-5-3-2-4-22(23)26(24)18-7-11-20(28)12-8-18/h4-28H,1-3H3;8-22H,1-7H3;3-18H,1-2H3;2-16H,1H3. The fourth-order valence-corrected chi connectivity index (χ4v) is 23.9. The molecule has 0 saturated carbocycles. The van der Waals surface area contributed by atoms with E-state index < -0.39 is 16.1 Å². The summed E-state index contributed by atoms with van der Waals surface area (Å²) in [5, 5.41) is 33.6. The molecule has 0 aliphatic heterocycles. The Morgan fingerprint density at radius 1 is 0.188 bits per heavy atom. The zero-order valence-corrected chi connectivity index (χ0v) is 82.7. The molecule has 0 unspecified atom stereocenters. The van der Waals surface area contributed by atoms with Crippen LogP contribution in [0.3, 0.4) is 0 Å². The van der Waals surface area contributed by atoms with Gasteiger partial charge in [0, 0.05) is 0 Å². The fraction of sp³-hybridized carbons (Fsp3) is 0.104. The van der Waals surface area contributed by atoms with Crippen LogP contribution in [0.25, 0.3) is 218 Å². The number of aryl methyl sites for hydroxylation is 4. The molecule has 24 aromatic carbocycles. The number of hydrogen-bond donors (Lipinski definition) is 0. The van der Waals surface area contributed by atoms with Crippen LogP contribution in [0.5, 0.6) is 0 Å². The largest absolute Gasteiger partial charge is 0.207 e. The molecule has 0 bridgehead atoms. The van der Waals surface area contributed by atoms with Gasteiger partial charge in [0.2, 0.25) is 0 Å². The topological polar surface area (TPSA) is 0 Å². The summed E-state index contributed by atoms with van der Waals surface area (Å²) in [5.41, 5.74) is 26.4. The smallest absolute Gasteiger partial charge is 0.123 e. The van der Waals surface area contributed by atoms with Crippen molar-refractivity contribution in [2.75, 3.05) is 0 Å². The Bertz CT molecular complexity index is 8810. The average molecular weight is 1810 g/mol. The summed E-state index contributed by atoms with van der Waals surface area (Å²) >= 11 is 0. The van der Waals surface area contributed by atoms with E-state index in [0.717, 1.165) is 49.4 Å². The second-order valence-electron chi connectivity index (χ2n) is 40.5. The zero-order valence-electron chi connectivity index (χ0n) is 80.7. The van der Waals surface area contributed by atoms with Crippen LogP contribution >= 0.6 is 0 Å². The molecular formula is C134H110F2Si2. The van der Waals surface area contributed by atoms with Gasteiger partial charge in [0.05, 0.1) is 16.1 Å². The number of benzene rings is 24. The fourth-order valence-electron chi connectivity index (χ4n) is 21.6. The molecule has 4 heteroatoms. The minimum absolute atomic E-state index is 0.0184. The van der Waals surface area contributed by atoms with Crippen molar-refractivity contribution in [3.63, 3.8) is 0 Å². The minimum Gasteiger partial charge on any atom is -0.207 e. The first-order valence-corrected chi connectivity index (χ1v) is 55.4. The van der Waals surface area contributed by atoms with Crippen molar-refractivity contribution in [1.29, 1.82) is 0 Å². The molecule has 0 radical (unpaired) electrons. The van der Waals surface area contributed by atoms with Crippen LogP contribution in [0.2, 0.25) is 39.3 Å². The molecule has 0 nitrogen and oxygen atoms in total. The molecule has 138 heavy (non-hydrogen) atoms. The molecule has 668 valence electrons. The van der Waals surface area contributed by atoms with Gasteiger partial charge in [-0.05, 0) is 298 Å².